The summed E-state index contributed by atoms with van der Waals surface area (Å²) in [5.74, 6) is -0.0477. The zero-order valence-corrected chi connectivity index (χ0v) is 14.5. The fourth-order valence-corrected chi connectivity index (χ4v) is 4.61. The number of hydrogen-bond acceptors (Lipinski definition) is 3. The highest BCUT2D eigenvalue weighted by atomic mass is 16.5. The summed E-state index contributed by atoms with van der Waals surface area (Å²) in [6, 6.07) is 17.8. The molecule has 130 valence electrons. The van der Waals surface area contributed by atoms with Crippen molar-refractivity contribution in [3.8, 4) is 0 Å². The molecule has 1 saturated heterocycles. The Morgan fingerprint density at radius 3 is 2.48 bits per heavy atom. The molecule has 0 bridgehead atoms. The Bertz CT molecular complexity index is 754. The minimum absolute atomic E-state index is 0.0226. The van der Waals surface area contributed by atoms with Crippen LogP contribution in [0.2, 0.25) is 0 Å². The molecule has 2 aromatic rings. The van der Waals surface area contributed by atoms with E-state index in [9.17, 15) is 4.79 Å². The third-order valence-corrected chi connectivity index (χ3v) is 5.75. The molecule has 2 aromatic carbocycles. The van der Waals surface area contributed by atoms with Crippen molar-refractivity contribution >= 4 is 5.91 Å². The van der Waals surface area contributed by atoms with E-state index >= 15 is 0 Å². The number of ether oxygens (including phenoxy) is 1. The highest BCUT2D eigenvalue weighted by Crippen LogP contribution is 2.51. The summed E-state index contributed by atoms with van der Waals surface area (Å²) in [7, 11) is 1.77. The van der Waals surface area contributed by atoms with Gasteiger partial charge in [0.2, 0.25) is 0 Å². The molecule has 1 aliphatic heterocycles. The molecule has 4 rings (SSSR count). The molecule has 0 radical (unpaired) electrons. The number of carbonyl (C=O) groups excluding carboxylic acids is 1. The number of fused-ring (bicyclic) bond motifs is 2. The first kappa shape index (κ1) is 16.3. The molecule has 1 spiro atoms. The number of piperidine rings is 1. The summed E-state index contributed by atoms with van der Waals surface area (Å²) in [5, 5.41) is 6.69. The molecule has 2 unspecified atom stereocenters. The number of hydrogen-bond donors (Lipinski definition) is 2. The summed E-state index contributed by atoms with van der Waals surface area (Å²) in [6.07, 6.45) is 2.01. The molecule has 0 aromatic heterocycles. The summed E-state index contributed by atoms with van der Waals surface area (Å²) < 4.78 is 5.99. The smallest absolute Gasteiger partial charge is 0.251 e. The van der Waals surface area contributed by atoms with Crippen molar-refractivity contribution in [2.75, 3.05) is 20.2 Å². The van der Waals surface area contributed by atoms with E-state index in [1.54, 1.807) is 7.11 Å². The van der Waals surface area contributed by atoms with Gasteiger partial charge in [-0.2, -0.15) is 0 Å². The predicted molar refractivity (Wildman–Crippen MR) is 97.7 cm³/mol. The van der Waals surface area contributed by atoms with Crippen LogP contribution >= 0.6 is 0 Å². The second-order valence-electron chi connectivity index (χ2n) is 6.97. The van der Waals surface area contributed by atoms with Gasteiger partial charge in [0.1, 0.15) is 0 Å². The summed E-state index contributed by atoms with van der Waals surface area (Å²) >= 11 is 0. The van der Waals surface area contributed by atoms with Gasteiger partial charge in [0, 0.05) is 18.1 Å². The predicted octanol–water partition coefficient (Wildman–Crippen LogP) is 2.81. The van der Waals surface area contributed by atoms with Gasteiger partial charge in [-0.1, -0.05) is 42.5 Å². The van der Waals surface area contributed by atoms with Crippen LogP contribution in [0, 0.1) is 0 Å². The van der Waals surface area contributed by atoms with Crippen LogP contribution in [0.25, 0.3) is 0 Å². The van der Waals surface area contributed by atoms with E-state index in [2.05, 4.69) is 28.8 Å². The van der Waals surface area contributed by atoms with Gasteiger partial charge in [0.15, 0.2) is 0 Å². The van der Waals surface area contributed by atoms with E-state index in [-0.39, 0.29) is 23.5 Å². The second-order valence-corrected chi connectivity index (χ2v) is 6.97. The van der Waals surface area contributed by atoms with Gasteiger partial charge >= 0.3 is 0 Å². The van der Waals surface area contributed by atoms with Gasteiger partial charge in [-0.3, -0.25) is 4.79 Å². The van der Waals surface area contributed by atoms with Crippen LogP contribution < -0.4 is 10.6 Å². The monoisotopic (exact) mass is 336 g/mol. The number of rotatable bonds is 3. The number of amides is 1. The largest absolute Gasteiger partial charge is 0.378 e. The van der Waals surface area contributed by atoms with Crippen LogP contribution in [-0.4, -0.2) is 32.2 Å². The molecule has 4 nitrogen and oxygen atoms in total. The lowest BCUT2D eigenvalue weighted by atomic mass is 9.72. The Kier molecular flexibility index (Phi) is 4.32. The molecule has 2 aliphatic rings. The van der Waals surface area contributed by atoms with Gasteiger partial charge in [-0.05, 0) is 49.2 Å². The fourth-order valence-electron chi connectivity index (χ4n) is 4.61. The summed E-state index contributed by atoms with van der Waals surface area (Å²) in [6.45, 7) is 1.96. The minimum atomic E-state index is -0.119. The van der Waals surface area contributed by atoms with Crippen LogP contribution in [0.4, 0.5) is 0 Å². The van der Waals surface area contributed by atoms with Gasteiger partial charge in [-0.25, -0.2) is 0 Å². The van der Waals surface area contributed by atoms with Crippen molar-refractivity contribution in [1.82, 2.24) is 10.6 Å². The van der Waals surface area contributed by atoms with Crippen LogP contribution in [-0.2, 0) is 10.2 Å². The highest BCUT2D eigenvalue weighted by Gasteiger charge is 2.53. The minimum Gasteiger partial charge on any atom is -0.378 e. The van der Waals surface area contributed by atoms with Gasteiger partial charge in [0.25, 0.3) is 5.91 Å². The van der Waals surface area contributed by atoms with E-state index in [4.69, 9.17) is 4.74 Å². The van der Waals surface area contributed by atoms with E-state index in [0.29, 0.717) is 5.56 Å². The Balaban J connectivity index is 1.71. The zero-order valence-electron chi connectivity index (χ0n) is 14.5. The topological polar surface area (TPSA) is 50.4 Å². The molecular weight excluding hydrogens is 312 g/mol. The number of nitrogens with one attached hydrogen (secondary N) is 2. The maximum Gasteiger partial charge on any atom is 0.251 e. The lowest BCUT2D eigenvalue weighted by molar-refractivity contribution is 0.00397. The Morgan fingerprint density at radius 1 is 1.08 bits per heavy atom. The SMILES string of the molecule is COC1C(NC(=O)c2ccccc2)c2ccccc2C12CCNCC2. The molecule has 1 amide bonds. The first-order chi connectivity index (χ1) is 12.3. The highest BCUT2D eigenvalue weighted by molar-refractivity contribution is 5.94. The van der Waals surface area contributed by atoms with Crippen molar-refractivity contribution < 1.29 is 9.53 Å². The molecule has 2 atom stereocenters. The summed E-state index contributed by atoms with van der Waals surface area (Å²) in [5.41, 5.74) is 3.19. The Labute approximate surface area is 148 Å². The Hall–Kier alpha value is -2.17. The maximum atomic E-state index is 12.8. The first-order valence-corrected chi connectivity index (χ1v) is 8.95. The van der Waals surface area contributed by atoms with Crippen LogP contribution in [0.5, 0.6) is 0 Å². The molecule has 2 N–H and O–H groups in total. The van der Waals surface area contributed by atoms with Crippen LogP contribution in [0.15, 0.2) is 54.6 Å². The molecule has 1 aliphatic carbocycles. The lowest BCUT2D eigenvalue weighted by Gasteiger charge is -2.40. The van der Waals surface area contributed by atoms with Gasteiger partial charge in [-0.15, -0.1) is 0 Å². The van der Waals surface area contributed by atoms with Crippen molar-refractivity contribution in [2.45, 2.75) is 30.4 Å². The zero-order chi connectivity index (χ0) is 17.3. The maximum absolute atomic E-state index is 12.8. The average molecular weight is 336 g/mol. The molecule has 0 saturated carbocycles. The normalized spacial score (nSPS) is 24.0. The number of benzene rings is 2. The van der Waals surface area contributed by atoms with Crippen molar-refractivity contribution in [2.24, 2.45) is 0 Å². The Morgan fingerprint density at radius 2 is 1.76 bits per heavy atom. The van der Waals surface area contributed by atoms with Crippen molar-refractivity contribution in [3.63, 3.8) is 0 Å². The second kappa shape index (κ2) is 6.62. The van der Waals surface area contributed by atoms with Gasteiger partial charge < -0.3 is 15.4 Å². The number of methoxy groups -OCH3 is 1. The first-order valence-electron chi connectivity index (χ1n) is 8.95. The molecule has 1 fully saturated rings. The van der Waals surface area contributed by atoms with E-state index < -0.39 is 0 Å². The quantitative estimate of drug-likeness (QED) is 0.906. The fraction of sp³-hybridized carbons (Fsp3) is 0.381. The summed E-state index contributed by atoms with van der Waals surface area (Å²) in [4.78, 5) is 12.8. The van der Waals surface area contributed by atoms with Crippen molar-refractivity contribution in [1.29, 1.82) is 0 Å². The third kappa shape index (κ3) is 2.66. The molecule has 25 heavy (non-hydrogen) atoms. The van der Waals surface area contributed by atoms with Gasteiger partial charge in [0.05, 0.1) is 12.1 Å². The molecule has 1 heterocycles. The van der Waals surface area contributed by atoms with E-state index in [0.717, 1.165) is 25.9 Å². The molecule has 4 heteroatoms. The van der Waals surface area contributed by atoms with E-state index in [1.807, 2.05) is 36.4 Å². The standard InChI is InChI=1S/C21H24N2O2/c1-25-19-18(23-20(24)15-7-3-2-4-8-15)16-9-5-6-10-17(16)21(19)11-13-22-14-12-21/h2-10,18-19,22H,11-14H2,1H3,(H,23,24). The molecular formula is C21H24N2O2. The van der Waals surface area contributed by atoms with Crippen molar-refractivity contribution in [3.05, 3.63) is 71.3 Å². The van der Waals surface area contributed by atoms with Crippen LogP contribution in [0.3, 0.4) is 0 Å². The van der Waals surface area contributed by atoms with E-state index in [1.165, 1.54) is 11.1 Å². The lowest BCUT2D eigenvalue weighted by Crippen LogP contribution is -2.49. The number of carbonyl (C=O) groups is 1. The third-order valence-electron chi connectivity index (χ3n) is 5.75. The van der Waals surface area contributed by atoms with Crippen LogP contribution in [0.1, 0.15) is 40.4 Å². The average Bonchev–Trinajstić information content (AvgIpc) is 2.92.